The molecule has 0 saturated carbocycles. The van der Waals surface area contributed by atoms with Gasteiger partial charge in [-0.15, -0.1) is 0 Å². The van der Waals surface area contributed by atoms with Crippen molar-refractivity contribution in [3.8, 4) is 0 Å². The fraction of sp³-hybridized carbons (Fsp3) is 0.833. The first-order chi connectivity index (χ1) is 5.13. The van der Waals surface area contributed by atoms with E-state index < -0.39 is 24.6 Å². The predicted octanol–water partition coefficient (Wildman–Crippen LogP) is -2.35. The van der Waals surface area contributed by atoms with Crippen molar-refractivity contribution in [2.75, 3.05) is 13.2 Å². The van der Waals surface area contributed by atoms with Crippen molar-refractivity contribution in [3.05, 3.63) is 0 Å². The van der Waals surface area contributed by atoms with Crippen molar-refractivity contribution in [1.82, 2.24) is 0 Å². The van der Waals surface area contributed by atoms with E-state index in [1.165, 1.54) is 0 Å². The first-order valence-electron chi connectivity index (χ1n) is 3.24. The number of rotatable bonds is 5. The van der Waals surface area contributed by atoms with Gasteiger partial charge in [-0.05, 0) is 6.42 Å². The maximum absolute atomic E-state index is 10.5. The second kappa shape index (κ2) is 5.20. The molecule has 0 spiro atoms. The van der Waals surface area contributed by atoms with Gasteiger partial charge >= 0.3 is 0 Å². The van der Waals surface area contributed by atoms with Gasteiger partial charge in [0.15, 0.2) is 5.78 Å². The molecule has 0 aliphatic heterocycles. The van der Waals surface area contributed by atoms with Crippen LogP contribution in [-0.4, -0.2) is 51.6 Å². The highest BCUT2D eigenvalue weighted by Crippen LogP contribution is 1.98. The van der Waals surface area contributed by atoms with E-state index in [0.29, 0.717) is 0 Å². The predicted molar refractivity (Wildman–Crippen MR) is 35.8 cm³/mol. The molecule has 0 radical (unpaired) electrons. The van der Waals surface area contributed by atoms with Crippen LogP contribution in [0.25, 0.3) is 0 Å². The third kappa shape index (κ3) is 3.43. The zero-order chi connectivity index (χ0) is 8.85. The number of hydrogen-bond acceptors (Lipinski definition) is 5. The highest BCUT2D eigenvalue weighted by molar-refractivity contribution is 5.84. The van der Waals surface area contributed by atoms with Gasteiger partial charge in [-0.3, -0.25) is 4.79 Å². The second-order valence-corrected chi connectivity index (χ2v) is 2.15. The largest absolute Gasteiger partial charge is 0.396 e. The molecule has 0 bridgehead atoms. The zero-order valence-electron chi connectivity index (χ0n) is 5.97. The minimum absolute atomic E-state index is 0.0765. The first kappa shape index (κ1) is 10.5. The molecule has 0 unspecified atom stereocenters. The van der Waals surface area contributed by atoms with Crippen molar-refractivity contribution < 1.29 is 25.2 Å². The maximum Gasteiger partial charge on any atom is 0.189 e. The number of ketones is 1. The molecule has 11 heavy (non-hydrogen) atoms. The van der Waals surface area contributed by atoms with Crippen LogP contribution in [0, 0.1) is 0 Å². The van der Waals surface area contributed by atoms with E-state index in [4.69, 9.17) is 20.4 Å². The fourth-order valence-electron chi connectivity index (χ4n) is 0.598. The number of carbonyl (C=O) groups is 1. The molecule has 66 valence electrons. The van der Waals surface area contributed by atoms with Crippen molar-refractivity contribution in [3.63, 3.8) is 0 Å². The Morgan fingerprint density at radius 3 is 2.18 bits per heavy atom. The Labute approximate surface area is 63.9 Å². The van der Waals surface area contributed by atoms with Crippen LogP contribution in [0.3, 0.4) is 0 Å². The minimum atomic E-state index is -1.59. The van der Waals surface area contributed by atoms with Crippen molar-refractivity contribution >= 4 is 5.78 Å². The summed E-state index contributed by atoms with van der Waals surface area (Å²) in [7, 11) is 0. The van der Waals surface area contributed by atoms with E-state index >= 15 is 0 Å². The standard InChI is InChI=1S/C6H12O5/c7-2-1-4(9)6(11)5(10)3-8/h4,6-9,11H,1-3H2/t4-,6-/m0/s1. The summed E-state index contributed by atoms with van der Waals surface area (Å²) in [5, 5.41) is 34.3. The summed E-state index contributed by atoms with van der Waals surface area (Å²) in [6.07, 6.45) is -2.96. The molecular weight excluding hydrogens is 152 g/mol. The van der Waals surface area contributed by atoms with Crippen molar-refractivity contribution in [1.29, 1.82) is 0 Å². The molecule has 0 aliphatic carbocycles. The Morgan fingerprint density at radius 1 is 1.27 bits per heavy atom. The number of aliphatic hydroxyl groups excluding tert-OH is 4. The molecule has 0 fully saturated rings. The molecule has 2 atom stereocenters. The lowest BCUT2D eigenvalue weighted by molar-refractivity contribution is -0.136. The Kier molecular flexibility index (Phi) is 4.97. The van der Waals surface area contributed by atoms with Crippen LogP contribution in [0.15, 0.2) is 0 Å². The summed E-state index contributed by atoms with van der Waals surface area (Å²) in [5.41, 5.74) is 0. The van der Waals surface area contributed by atoms with Gasteiger partial charge in [-0.25, -0.2) is 0 Å². The van der Waals surface area contributed by atoms with Gasteiger partial charge in [0, 0.05) is 6.61 Å². The summed E-state index contributed by atoms with van der Waals surface area (Å²) < 4.78 is 0. The summed E-state index contributed by atoms with van der Waals surface area (Å²) in [6, 6.07) is 0. The molecule has 0 aliphatic rings. The van der Waals surface area contributed by atoms with Gasteiger partial charge in [-0.1, -0.05) is 0 Å². The van der Waals surface area contributed by atoms with Crippen molar-refractivity contribution in [2.45, 2.75) is 18.6 Å². The second-order valence-electron chi connectivity index (χ2n) is 2.15. The van der Waals surface area contributed by atoms with E-state index in [9.17, 15) is 4.79 Å². The SMILES string of the molecule is O=C(CO)[C@@H](O)[C@@H](O)CCO. The van der Waals surface area contributed by atoms with Crippen LogP contribution in [-0.2, 0) is 4.79 Å². The van der Waals surface area contributed by atoms with Gasteiger partial charge in [0.2, 0.25) is 0 Å². The monoisotopic (exact) mass is 164 g/mol. The highest BCUT2D eigenvalue weighted by Gasteiger charge is 2.22. The molecule has 0 rings (SSSR count). The van der Waals surface area contributed by atoms with Crippen LogP contribution in [0.2, 0.25) is 0 Å². The molecule has 0 aromatic carbocycles. The van der Waals surface area contributed by atoms with Crippen molar-refractivity contribution in [2.24, 2.45) is 0 Å². The van der Waals surface area contributed by atoms with Crippen LogP contribution in [0.1, 0.15) is 6.42 Å². The smallest absolute Gasteiger partial charge is 0.189 e. The van der Waals surface area contributed by atoms with E-state index in [1.54, 1.807) is 0 Å². The Bertz CT molecular complexity index is 124. The average Bonchev–Trinajstić information content (AvgIpc) is 2.02. The van der Waals surface area contributed by atoms with Crippen LogP contribution in [0.4, 0.5) is 0 Å². The topological polar surface area (TPSA) is 98.0 Å². The normalized spacial score (nSPS) is 16.0. The molecule has 0 aromatic rings. The highest BCUT2D eigenvalue weighted by atomic mass is 16.3. The Morgan fingerprint density at radius 2 is 1.82 bits per heavy atom. The summed E-state index contributed by atoms with van der Waals surface area (Å²) in [5.74, 6) is -0.842. The number of carbonyl (C=O) groups excluding carboxylic acids is 1. The van der Waals surface area contributed by atoms with Crippen LogP contribution < -0.4 is 0 Å². The third-order valence-electron chi connectivity index (χ3n) is 1.28. The Hall–Kier alpha value is -0.490. The average molecular weight is 164 g/mol. The summed E-state index contributed by atoms with van der Waals surface area (Å²) in [4.78, 5) is 10.5. The molecule has 5 nitrogen and oxygen atoms in total. The lowest BCUT2D eigenvalue weighted by atomic mass is 10.1. The minimum Gasteiger partial charge on any atom is -0.396 e. The Balaban J connectivity index is 3.80. The van der Waals surface area contributed by atoms with Gasteiger partial charge < -0.3 is 20.4 Å². The van der Waals surface area contributed by atoms with E-state index in [0.717, 1.165) is 0 Å². The van der Waals surface area contributed by atoms with Gasteiger partial charge in [0.05, 0.1) is 6.10 Å². The van der Waals surface area contributed by atoms with E-state index in [-0.39, 0.29) is 13.0 Å². The number of Topliss-reactive ketones (excluding diaryl/α,β-unsaturated/α-hetero) is 1. The molecule has 0 heterocycles. The van der Waals surface area contributed by atoms with E-state index in [1.807, 2.05) is 0 Å². The van der Waals surface area contributed by atoms with Crippen LogP contribution >= 0.6 is 0 Å². The van der Waals surface area contributed by atoms with Gasteiger partial charge in [0.1, 0.15) is 12.7 Å². The van der Waals surface area contributed by atoms with Crippen LogP contribution in [0.5, 0.6) is 0 Å². The first-order valence-corrected chi connectivity index (χ1v) is 3.24. The van der Waals surface area contributed by atoms with E-state index in [2.05, 4.69) is 0 Å². The quantitative estimate of drug-likeness (QED) is 0.365. The fourth-order valence-corrected chi connectivity index (χ4v) is 0.598. The molecule has 0 saturated heterocycles. The zero-order valence-corrected chi connectivity index (χ0v) is 5.97. The summed E-state index contributed by atoms with van der Waals surface area (Å²) >= 11 is 0. The molecule has 5 heteroatoms. The molecule has 4 N–H and O–H groups in total. The molecular formula is C6H12O5. The van der Waals surface area contributed by atoms with Gasteiger partial charge in [-0.2, -0.15) is 0 Å². The lowest BCUT2D eigenvalue weighted by Crippen LogP contribution is -2.36. The number of aliphatic hydroxyl groups is 4. The summed E-state index contributed by atoms with van der Waals surface area (Å²) in [6.45, 7) is -1.11. The third-order valence-corrected chi connectivity index (χ3v) is 1.28. The maximum atomic E-state index is 10.5. The lowest BCUT2D eigenvalue weighted by Gasteiger charge is -2.13. The molecule has 0 amide bonds. The molecule has 0 aromatic heterocycles. The number of hydrogen-bond donors (Lipinski definition) is 4. The van der Waals surface area contributed by atoms with Gasteiger partial charge in [0.25, 0.3) is 0 Å².